The van der Waals surface area contributed by atoms with E-state index < -0.39 is 21.6 Å². The Morgan fingerprint density at radius 2 is 2.00 bits per heavy atom. The lowest BCUT2D eigenvalue weighted by Crippen LogP contribution is -2.43. The minimum absolute atomic E-state index is 0.0689. The summed E-state index contributed by atoms with van der Waals surface area (Å²) in [4.78, 5) is 0. The van der Waals surface area contributed by atoms with Crippen LogP contribution in [0.5, 0.6) is 0 Å². The van der Waals surface area contributed by atoms with Crippen molar-refractivity contribution >= 4 is 15.9 Å². The number of aliphatic hydroxyl groups excluding tert-OH is 1. The Hall–Kier alpha value is -1.62. The van der Waals surface area contributed by atoms with E-state index in [0.29, 0.717) is 0 Å². The molecule has 7 heteroatoms. The van der Waals surface area contributed by atoms with Crippen molar-refractivity contribution in [2.45, 2.75) is 32.7 Å². The van der Waals surface area contributed by atoms with Crippen molar-refractivity contribution in [3.05, 3.63) is 29.6 Å². The maximum absolute atomic E-state index is 13.5. The first-order valence-electron chi connectivity index (χ1n) is 6.34. The Kier molecular flexibility index (Phi) is 5.72. The van der Waals surface area contributed by atoms with Crippen molar-refractivity contribution in [2.24, 2.45) is 0 Å². The molecule has 1 aromatic carbocycles. The molecule has 0 saturated carbocycles. The topological polar surface area (TPSA) is 78.4 Å². The van der Waals surface area contributed by atoms with Gasteiger partial charge in [0.1, 0.15) is 5.82 Å². The highest BCUT2D eigenvalue weighted by Gasteiger charge is 2.19. The number of nitrogens with one attached hydrogen (secondary N) is 2. The summed E-state index contributed by atoms with van der Waals surface area (Å²) in [5, 5.41) is 8.63. The zero-order chi connectivity index (χ0) is 16.1. The number of anilines is 1. The Morgan fingerprint density at radius 1 is 1.33 bits per heavy atom. The minimum Gasteiger partial charge on any atom is -0.395 e. The molecule has 0 radical (unpaired) electrons. The quantitative estimate of drug-likeness (QED) is 0.739. The first kappa shape index (κ1) is 17.4. The second-order valence-corrected chi connectivity index (χ2v) is 6.84. The molecule has 1 aromatic rings. The van der Waals surface area contributed by atoms with Crippen LogP contribution in [0.25, 0.3) is 0 Å². The molecule has 1 rings (SSSR count). The lowest BCUT2D eigenvalue weighted by atomic mass is 10.1. The van der Waals surface area contributed by atoms with E-state index in [9.17, 15) is 12.8 Å². The molecular formula is C14H19FN2O3S. The van der Waals surface area contributed by atoms with Crippen LogP contribution in [0.2, 0.25) is 0 Å². The molecule has 0 aromatic heterocycles. The van der Waals surface area contributed by atoms with Gasteiger partial charge >= 0.3 is 0 Å². The number of aliphatic hydroxyl groups is 1. The van der Waals surface area contributed by atoms with Crippen molar-refractivity contribution in [1.82, 2.24) is 4.72 Å². The van der Waals surface area contributed by atoms with Crippen LogP contribution in [-0.2, 0) is 10.2 Å². The minimum atomic E-state index is -3.76. The van der Waals surface area contributed by atoms with Gasteiger partial charge in [0.2, 0.25) is 0 Å². The molecule has 0 amide bonds. The Morgan fingerprint density at radius 3 is 2.57 bits per heavy atom. The van der Waals surface area contributed by atoms with Crippen LogP contribution in [0, 0.1) is 17.7 Å². The fourth-order valence-corrected chi connectivity index (χ4v) is 2.78. The van der Waals surface area contributed by atoms with Gasteiger partial charge in [-0.25, -0.2) is 4.39 Å². The molecule has 0 aliphatic rings. The molecule has 5 nitrogen and oxygen atoms in total. The van der Waals surface area contributed by atoms with E-state index in [0.717, 1.165) is 6.07 Å². The molecule has 0 bridgehead atoms. The normalized spacial score (nSPS) is 11.7. The Bertz CT molecular complexity index is 655. The summed E-state index contributed by atoms with van der Waals surface area (Å²) in [5.41, 5.74) is -0.351. The van der Waals surface area contributed by atoms with Gasteiger partial charge in [-0.2, -0.15) is 13.1 Å². The number of halogens is 1. The van der Waals surface area contributed by atoms with Crippen molar-refractivity contribution in [3.63, 3.8) is 0 Å². The molecule has 0 aliphatic heterocycles. The van der Waals surface area contributed by atoms with E-state index >= 15 is 0 Å². The SMILES string of the molecule is CC(C)(C)NS(=O)(=O)Nc1ccc(F)c(C#CCCO)c1. The second-order valence-electron chi connectivity index (χ2n) is 5.43. The fourth-order valence-electron chi connectivity index (χ4n) is 1.48. The first-order chi connectivity index (χ1) is 9.63. The van der Waals surface area contributed by atoms with E-state index in [2.05, 4.69) is 21.3 Å². The molecular weight excluding hydrogens is 295 g/mol. The average Bonchev–Trinajstić information content (AvgIpc) is 2.30. The molecule has 116 valence electrons. The van der Waals surface area contributed by atoms with E-state index in [4.69, 9.17) is 5.11 Å². The second kappa shape index (κ2) is 6.89. The Balaban J connectivity index is 2.96. The zero-order valence-electron chi connectivity index (χ0n) is 12.2. The highest BCUT2D eigenvalue weighted by atomic mass is 32.2. The molecule has 0 atom stereocenters. The Labute approximate surface area is 124 Å². The van der Waals surface area contributed by atoms with Crippen LogP contribution in [-0.4, -0.2) is 25.7 Å². The number of rotatable bonds is 4. The molecule has 3 N–H and O–H groups in total. The summed E-state index contributed by atoms with van der Waals surface area (Å²) in [7, 11) is -3.76. The molecule has 0 unspecified atom stereocenters. The number of benzene rings is 1. The molecule has 0 spiro atoms. The monoisotopic (exact) mass is 314 g/mol. The largest absolute Gasteiger partial charge is 0.395 e. The van der Waals surface area contributed by atoms with Gasteiger partial charge in [-0.05, 0) is 39.0 Å². The van der Waals surface area contributed by atoms with Crippen LogP contribution in [0.4, 0.5) is 10.1 Å². The summed E-state index contributed by atoms with van der Waals surface area (Å²) in [6.07, 6.45) is 0.223. The molecule has 0 fully saturated rings. The summed E-state index contributed by atoms with van der Waals surface area (Å²) in [6.45, 7) is 5.02. The average molecular weight is 314 g/mol. The maximum atomic E-state index is 13.5. The molecule has 0 aliphatic carbocycles. The molecule has 0 saturated heterocycles. The van der Waals surface area contributed by atoms with Crippen molar-refractivity contribution in [1.29, 1.82) is 0 Å². The highest BCUT2D eigenvalue weighted by Crippen LogP contribution is 2.15. The van der Waals surface area contributed by atoms with E-state index in [-0.39, 0.29) is 24.3 Å². The summed E-state index contributed by atoms with van der Waals surface area (Å²) < 4.78 is 42.1. The third kappa shape index (κ3) is 6.58. The van der Waals surface area contributed by atoms with Gasteiger partial charge in [0.05, 0.1) is 17.9 Å². The van der Waals surface area contributed by atoms with Crippen LogP contribution in [0.3, 0.4) is 0 Å². The summed E-state index contributed by atoms with van der Waals surface area (Å²) >= 11 is 0. The van der Waals surface area contributed by atoms with Gasteiger partial charge in [0, 0.05) is 12.0 Å². The summed E-state index contributed by atoms with van der Waals surface area (Å²) in [5.74, 6) is 4.59. The van der Waals surface area contributed by atoms with Gasteiger partial charge in [-0.1, -0.05) is 11.8 Å². The van der Waals surface area contributed by atoms with E-state index in [1.165, 1.54) is 12.1 Å². The number of hydrogen-bond donors (Lipinski definition) is 3. The van der Waals surface area contributed by atoms with E-state index in [1.807, 2.05) is 0 Å². The van der Waals surface area contributed by atoms with Crippen LogP contribution < -0.4 is 9.44 Å². The lowest BCUT2D eigenvalue weighted by molar-refractivity contribution is 0.305. The van der Waals surface area contributed by atoms with Gasteiger partial charge in [-0.15, -0.1) is 0 Å². The zero-order valence-corrected chi connectivity index (χ0v) is 13.0. The van der Waals surface area contributed by atoms with Crippen LogP contribution in [0.15, 0.2) is 18.2 Å². The maximum Gasteiger partial charge on any atom is 0.299 e. The third-order valence-electron chi connectivity index (χ3n) is 2.12. The van der Waals surface area contributed by atoms with Crippen molar-refractivity contribution in [3.8, 4) is 11.8 Å². The predicted octanol–water partition coefficient (Wildman–Crippen LogP) is 1.60. The summed E-state index contributed by atoms with van der Waals surface area (Å²) in [6, 6.07) is 3.76. The fraction of sp³-hybridized carbons (Fsp3) is 0.429. The van der Waals surface area contributed by atoms with Gasteiger partial charge in [0.25, 0.3) is 10.2 Å². The predicted molar refractivity (Wildman–Crippen MR) is 80.4 cm³/mol. The van der Waals surface area contributed by atoms with Crippen molar-refractivity contribution in [2.75, 3.05) is 11.3 Å². The standard InChI is InChI=1S/C14H19FN2O3S/c1-14(2,3)17-21(19,20)16-12-7-8-13(15)11(10-12)6-4-5-9-18/h7-8,10,16-18H,5,9H2,1-3H3. The van der Waals surface area contributed by atoms with Gasteiger partial charge in [0.15, 0.2) is 0 Å². The lowest BCUT2D eigenvalue weighted by Gasteiger charge is -2.20. The number of hydrogen-bond acceptors (Lipinski definition) is 3. The van der Waals surface area contributed by atoms with Crippen LogP contribution >= 0.6 is 0 Å². The third-order valence-corrected chi connectivity index (χ3v) is 3.50. The van der Waals surface area contributed by atoms with Crippen molar-refractivity contribution < 1.29 is 17.9 Å². The van der Waals surface area contributed by atoms with Gasteiger partial charge < -0.3 is 5.11 Å². The van der Waals surface area contributed by atoms with E-state index in [1.54, 1.807) is 20.8 Å². The smallest absolute Gasteiger partial charge is 0.299 e. The highest BCUT2D eigenvalue weighted by molar-refractivity contribution is 7.90. The molecule has 21 heavy (non-hydrogen) atoms. The van der Waals surface area contributed by atoms with Gasteiger partial charge in [-0.3, -0.25) is 4.72 Å². The van der Waals surface area contributed by atoms with Crippen LogP contribution in [0.1, 0.15) is 32.8 Å². The molecule has 0 heterocycles. The first-order valence-corrected chi connectivity index (χ1v) is 7.82.